The number of nitrogens with one attached hydrogen (secondary N) is 2. The normalized spacial score (nSPS) is 15.3. The molecule has 1 aromatic heterocycles. The molecule has 0 aliphatic carbocycles. The first-order chi connectivity index (χ1) is 13.7. The lowest BCUT2D eigenvalue weighted by molar-refractivity contribution is -0.124. The van der Waals surface area contributed by atoms with Crippen molar-refractivity contribution in [2.45, 2.75) is 45.1 Å². The van der Waals surface area contributed by atoms with Crippen LogP contribution in [0.15, 0.2) is 47.1 Å². The smallest absolute Gasteiger partial charge is 0.224 e. The zero-order valence-electron chi connectivity index (χ0n) is 16.4. The summed E-state index contributed by atoms with van der Waals surface area (Å²) in [7, 11) is 0. The van der Waals surface area contributed by atoms with Gasteiger partial charge in [-0.15, -0.1) is 0 Å². The Morgan fingerprint density at radius 1 is 1.11 bits per heavy atom. The van der Waals surface area contributed by atoms with Crippen LogP contribution in [0.5, 0.6) is 0 Å². The number of benzene rings is 1. The Labute approximate surface area is 166 Å². The molecule has 1 atom stereocenters. The number of likely N-dealkylation sites (tertiary alicyclic amines) is 1. The molecule has 1 aliphatic heterocycles. The molecule has 6 heteroatoms. The highest BCUT2D eigenvalue weighted by Crippen LogP contribution is 2.24. The van der Waals surface area contributed by atoms with Gasteiger partial charge < -0.3 is 15.1 Å². The number of furan rings is 1. The van der Waals surface area contributed by atoms with Crippen molar-refractivity contribution in [3.8, 4) is 0 Å². The fourth-order valence-corrected chi connectivity index (χ4v) is 3.56. The van der Waals surface area contributed by atoms with Crippen LogP contribution in [0.2, 0.25) is 0 Å². The summed E-state index contributed by atoms with van der Waals surface area (Å²) in [6, 6.07) is 11.6. The molecule has 2 heterocycles. The Morgan fingerprint density at radius 2 is 1.89 bits per heavy atom. The number of hydrogen-bond donors (Lipinski definition) is 2. The van der Waals surface area contributed by atoms with Crippen LogP contribution >= 0.6 is 0 Å². The predicted molar refractivity (Wildman–Crippen MR) is 109 cm³/mol. The van der Waals surface area contributed by atoms with Gasteiger partial charge in [-0.2, -0.15) is 0 Å². The van der Waals surface area contributed by atoms with E-state index < -0.39 is 0 Å². The third-order valence-corrected chi connectivity index (χ3v) is 5.14. The lowest BCUT2D eigenvalue weighted by Crippen LogP contribution is -2.36. The van der Waals surface area contributed by atoms with Gasteiger partial charge in [0.25, 0.3) is 0 Å². The number of nitrogens with zero attached hydrogens (tertiary/aromatic N) is 1. The molecule has 2 amide bonds. The Bertz CT molecular complexity index is 767. The molecular weight excluding hydrogens is 354 g/mol. The summed E-state index contributed by atoms with van der Waals surface area (Å²) in [6.07, 6.45) is 5.26. The lowest BCUT2D eigenvalue weighted by atomic mass is 10.1. The van der Waals surface area contributed by atoms with Gasteiger partial charge in [0.1, 0.15) is 5.76 Å². The minimum Gasteiger partial charge on any atom is -0.468 e. The van der Waals surface area contributed by atoms with E-state index in [2.05, 4.69) is 22.5 Å². The molecule has 0 radical (unpaired) electrons. The van der Waals surface area contributed by atoms with E-state index in [1.54, 1.807) is 6.26 Å². The highest BCUT2D eigenvalue weighted by atomic mass is 16.3. The van der Waals surface area contributed by atoms with Gasteiger partial charge in [-0.3, -0.25) is 14.5 Å². The van der Waals surface area contributed by atoms with Crippen LogP contribution in [0, 0.1) is 0 Å². The van der Waals surface area contributed by atoms with Crippen LogP contribution in [0.1, 0.15) is 50.0 Å². The second-order valence-electron chi connectivity index (χ2n) is 7.18. The van der Waals surface area contributed by atoms with Crippen LogP contribution in [-0.2, 0) is 16.0 Å². The molecule has 3 rings (SSSR count). The SMILES string of the molecule is CCc1cccc(NC(=O)CCC(=O)NCC(c2ccco2)N2CCCC2)c1. The zero-order valence-corrected chi connectivity index (χ0v) is 16.4. The van der Waals surface area contributed by atoms with Crippen molar-refractivity contribution < 1.29 is 14.0 Å². The summed E-state index contributed by atoms with van der Waals surface area (Å²) < 4.78 is 5.57. The summed E-state index contributed by atoms with van der Waals surface area (Å²) in [6.45, 7) is 4.59. The first-order valence-corrected chi connectivity index (χ1v) is 10.1. The fraction of sp³-hybridized carbons (Fsp3) is 0.455. The number of aryl methyl sites for hydroxylation is 1. The van der Waals surface area contributed by atoms with Gasteiger partial charge in [0, 0.05) is 25.1 Å². The number of rotatable bonds is 9. The van der Waals surface area contributed by atoms with Gasteiger partial charge >= 0.3 is 0 Å². The van der Waals surface area contributed by atoms with Crippen molar-refractivity contribution in [3.63, 3.8) is 0 Å². The van der Waals surface area contributed by atoms with Gasteiger partial charge in [0.05, 0.1) is 12.3 Å². The Hall–Kier alpha value is -2.60. The van der Waals surface area contributed by atoms with Crippen LogP contribution in [0.3, 0.4) is 0 Å². The van der Waals surface area contributed by atoms with Crippen molar-refractivity contribution in [2.75, 3.05) is 25.0 Å². The van der Waals surface area contributed by atoms with Crippen molar-refractivity contribution >= 4 is 17.5 Å². The fourth-order valence-electron chi connectivity index (χ4n) is 3.56. The van der Waals surface area contributed by atoms with E-state index in [-0.39, 0.29) is 30.7 Å². The first kappa shape index (κ1) is 20.1. The van der Waals surface area contributed by atoms with E-state index in [0.29, 0.717) is 6.54 Å². The van der Waals surface area contributed by atoms with Crippen LogP contribution in [-0.4, -0.2) is 36.3 Å². The molecule has 1 aliphatic rings. The maximum absolute atomic E-state index is 12.2. The molecule has 6 nitrogen and oxygen atoms in total. The summed E-state index contributed by atoms with van der Waals surface area (Å²) in [5, 5.41) is 5.83. The molecule has 0 bridgehead atoms. The quantitative estimate of drug-likeness (QED) is 0.695. The molecule has 0 spiro atoms. The molecule has 28 heavy (non-hydrogen) atoms. The highest BCUT2D eigenvalue weighted by molar-refractivity contribution is 5.93. The molecule has 1 aromatic carbocycles. The third-order valence-electron chi connectivity index (χ3n) is 5.14. The molecule has 1 unspecified atom stereocenters. The van der Waals surface area contributed by atoms with Crippen LogP contribution in [0.4, 0.5) is 5.69 Å². The van der Waals surface area contributed by atoms with Crippen molar-refractivity contribution in [3.05, 3.63) is 54.0 Å². The molecular formula is C22H29N3O3. The standard InChI is InChI=1S/C22H29N3O3/c1-2-17-7-5-8-18(15-17)24-22(27)11-10-21(26)23-16-19(20-9-6-14-28-20)25-12-3-4-13-25/h5-9,14-15,19H,2-4,10-13,16H2,1H3,(H,23,26)(H,24,27). The average Bonchev–Trinajstić information content (AvgIpc) is 3.41. The number of amides is 2. The van der Waals surface area contributed by atoms with Crippen molar-refractivity contribution in [1.29, 1.82) is 0 Å². The highest BCUT2D eigenvalue weighted by Gasteiger charge is 2.25. The Balaban J connectivity index is 1.44. The number of carbonyl (C=O) groups excluding carboxylic acids is 2. The second-order valence-corrected chi connectivity index (χ2v) is 7.18. The van der Waals surface area contributed by atoms with E-state index in [1.807, 2.05) is 36.4 Å². The Kier molecular flexibility index (Phi) is 7.25. The van der Waals surface area contributed by atoms with Crippen molar-refractivity contribution in [2.24, 2.45) is 0 Å². The third kappa shape index (κ3) is 5.70. The minimum absolute atomic E-state index is 0.0482. The molecule has 0 saturated carbocycles. The number of carbonyl (C=O) groups is 2. The van der Waals surface area contributed by atoms with Gasteiger partial charge in [0.2, 0.25) is 11.8 Å². The summed E-state index contributed by atoms with van der Waals surface area (Å²) in [5.74, 6) is 0.606. The second kappa shape index (κ2) is 10.1. The van der Waals surface area contributed by atoms with E-state index in [4.69, 9.17) is 4.42 Å². The van der Waals surface area contributed by atoms with E-state index in [0.717, 1.165) is 31.0 Å². The van der Waals surface area contributed by atoms with E-state index in [9.17, 15) is 9.59 Å². The maximum Gasteiger partial charge on any atom is 0.224 e. The zero-order chi connectivity index (χ0) is 19.8. The molecule has 1 fully saturated rings. The van der Waals surface area contributed by atoms with Crippen molar-refractivity contribution in [1.82, 2.24) is 10.2 Å². The number of hydrogen-bond acceptors (Lipinski definition) is 4. The predicted octanol–water partition coefficient (Wildman–Crippen LogP) is 3.51. The maximum atomic E-state index is 12.2. The van der Waals surface area contributed by atoms with Gasteiger partial charge in [0.15, 0.2) is 0 Å². The van der Waals surface area contributed by atoms with E-state index >= 15 is 0 Å². The summed E-state index contributed by atoms with van der Waals surface area (Å²) >= 11 is 0. The number of anilines is 1. The van der Waals surface area contributed by atoms with Crippen LogP contribution in [0.25, 0.3) is 0 Å². The molecule has 2 N–H and O–H groups in total. The molecule has 150 valence electrons. The minimum atomic E-state index is -0.148. The largest absolute Gasteiger partial charge is 0.468 e. The van der Waals surface area contributed by atoms with Gasteiger partial charge in [-0.05, 0) is 62.2 Å². The van der Waals surface area contributed by atoms with Gasteiger partial charge in [-0.1, -0.05) is 19.1 Å². The molecule has 1 saturated heterocycles. The molecule has 2 aromatic rings. The average molecular weight is 383 g/mol. The monoisotopic (exact) mass is 383 g/mol. The Morgan fingerprint density at radius 3 is 2.61 bits per heavy atom. The topological polar surface area (TPSA) is 74.6 Å². The van der Waals surface area contributed by atoms with Crippen LogP contribution < -0.4 is 10.6 Å². The van der Waals surface area contributed by atoms with E-state index in [1.165, 1.54) is 18.4 Å². The summed E-state index contributed by atoms with van der Waals surface area (Å²) in [4.78, 5) is 26.7. The summed E-state index contributed by atoms with van der Waals surface area (Å²) in [5.41, 5.74) is 1.94. The first-order valence-electron chi connectivity index (χ1n) is 10.1. The lowest BCUT2D eigenvalue weighted by Gasteiger charge is -2.26. The van der Waals surface area contributed by atoms with Gasteiger partial charge in [-0.25, -0.2) is 0 Å².